The van der Waals surface area contributed by atoms with Crippen molar-refractivity contribution in [3.05, 3.63) is 59.4 Å². The number of hydrogen-bond donors (Lipinski definition) is 2. The molecular formula is C19H24FN3O2. The number of hydrogen-bond acceptors (Lipinski definition) is 4. The van der Waals surface area contributed by atoms with Gasteiger partial charge in [0.1, 0.15) is 5.82 Å². The predicted molar refractivity (Wildman–Crippen MR) is 98.5 cm³/mol. The smallest absolute Gasteiger partial charge is 0.411 e. The van der Waals surface area contributed by atoms with E-state index in [-0.39, 0.29) is 11.9 Å². The highest BCUT2D eigenvalue weighted by molar-refractivity contribution is 5.84. The van der Waals surface area contributed by atoms with E-state index in [1.165, 1.54) is 13.2 Å². The van der Waals surface area contributed by atoms with Gasteiger partial charge in [0, 0.05) is 38.1 Å². The number of halogens is 1. The summed E-state index contributed by atoms with van der Waals surface area (Å²) in [6.07, 6.45) is -0.493. The molecule has 0 aliphatic rings. The quantitative estimate of drug-likeness (QED) is 0.833. The molecule has 1 atom stereocenters. The fraction of sp³-hybridized carbons (Fsp3) is 0.316. The molecule has 0 aromatic heterocycles. The van der Waals surface area contributed by atoms with Crippen molar-refractivity contribution >= 4 is 17.5 Å². The topological polar surface area (TPSA) is 53.6 Å². The average Bonchev–Trinajstić information content (AvgIpc) is 2.60. The highest BCUT2D eigenvalue weighted by atomic mass is 19.1. The van der Waals surface area contributed by atoms with Gasteiger partial charge in [0.25, 0.3) is 0 Å². The van der Waals surface area contributed by atoms with Crippen LogP contribution in [-0.4, -0.2) is 27.3 Å². The number of anilines is 2. The standard InChI is InChI=1S/C19H24FN3O2/c1-13(17-10-7-15(20)11-18(17)23(2)3)21-12-14-5-8-16(9-6-14)22-19(24)25-4/h5-11,13,21H,12H2,1-4H3,(H,22,24). The minimum atomic E-state index is -0.493. The van der Waals surface area contributed by atoms with Crippen LogP contribution in [-0.2, 0) is 11.3 Å². The average molecular weight is 345 g/mol. The zero-order chi connectivity index (χ0) is 18.4. The molecule has 0 heterocycles. The van der Waals surface area contributed by atoms with Gasteiger partial charge in [-0.2, -0.15) is 0 Å². The molecule has 6 heteroatoms. The van der Waals surface area contributed by atoms with Crippen molar-refractivity contribution in [2.45, 2.75) is 19.5 Å². The van der Waals surface area contributed by atoms with Crippen LogP contribution in [0.25, 0.3) is 0 Å². The molecule has 1 unspecified atom stereocenters. The second-order valence-corrected chi connectivity index (χ2v) is 6.01. The highest BCUT2D eigenvalue weighted by Gasteiger charge is 2.13. The molecule has 2 aromatic carbocycles. The van der Waals surface area contributed by atoms with E-state index in [2.05, 4.69) is 15.4 Å². The van der Waals surface area contributed by atoms with E-state index in [1.54, 1.807) is 6.07 Å². The third-order valence-corrected chi connectivity index (χ3v) is 3.94. The molecule has 0 radical (unpaired) electrons. The molecule has 5 nitrogen and oxygen atoms in total. The van der Waals surface area contributed by atoms with Gasteiger partial charge in [-0.3, -0.25) is 5.32 Å². The normalized spacial score (nSPS) is 11.7. The molecule has 134 valence electrons. The predicted octanol–water partition coefficient (Wildman–Crippen LogP) is 3.92. The van der Waals surface area contributed by atoms with E-state index < -0.39 is 6.09 Å². The van der Waals surface area contributed by atoms with E-state index in [1.807, 2.05) is 56.3 Å². The summed E-state index contributed by atoms with van der Waals surface area (Å²) in [7, 11) is 5.13. The van der Waals surface area contributed by atoms with Crippen LogP contribution in [0.15, 0.2) is 42.5 Å². The van der Waals surface area contributed by atoms with E-state index >= 15 is 0 Å². The number of carbonyl (C=O) groups is 1. The summed E-state index contributed by atoms with van der Waals surface area (Å²) in [5, 5.41) is 6.05. The van der Waals surface area contributed by atoms with Crippen molar-refractivity contribution in [3.63, 3.8) is 0 Å². The number of nitrogens with one attached hydrogen (secondary N) is 2. The molecule has 2 aromatic rings. The Morgan fingerprint density at radius 2 is 1.88 bits per heavy atom. The van der Waals surface area contributed by atoms with E-state index in [0.717, 1.165) is 16.8 Å². The van der Waals surface area contributed by atoms with Crippen LogP contribution in [0.3, 0.4) is 0 Å². The van der Waals surface area contributed by atoms with Crippen LogP contribution >= 0.6 is 0 Å². The Balaban J connectivity index is 2.00. The molecule has 1 amide bonds. The summed E-state index contributed by atoms with van der Waals surface area (Å²) < 4.78 is 18.0. The third kappa shape index (κ3) is 5.19. The molecule has 0 spiro atoms. The summed E-state index contributed by atoms with van der Waals surface area (Å²) in [5.41, 5.74) is 3.65. The van der Waals surface area contributed by atoms with E-state index in [0.29, 0.717) is 12.2 Å². The summed E-state index contributed by atoms with van der Waals surface area (Å²) in [4.78, 5) is 13.1. The third-order valence-electron chi connectivity index (χ3n) is 3.94. The van der Waals surface area contributed by atoms with Crippen molar-refractivity contribution in [1.82, 2.24) is 5.32 Å². The maximum Gasteiger partial charge on any atom is 0.411 e. The molecule has 0 aliphatic carbocycles. The number of nitrogens with zero attached hydrogens (tertiary/aromatic N) is 1. The summed E-state index contributed by atoms with van der Waals surface area (Å²) in [6.45, 7) is 2.71. The van der Waals surface area contributed by atoms with Crippen LogP contribution in [0.1, 0.15) is 24.1 Å². The minimum absolute atomic E-state index is 0.0610. The fourth-order valence-electron chi connectivity index (χ4n) is 2.53. The van der Waals surface area contributed by atoms with Gasteiger partial charge >= 0.3 is 6.09 Å². The largest absolute Gasteiger partial charge is 0.453 e. The van der Waals surface area contributed by atoms with Gasteiger partial charge in [0.2, 0.25) is 0 Å². The first-order chi connectivity index (χ1) is 11.9. The zero-order valence-corrected chi connectivity index (χ0v) is 15.0. The number of amides is 1. The van der Waals surface area contributed by atoms with Crippen LogP contribution in [0.4, 0.5) is 20.6 Å². The Labute approximate surface area is 147 Å². The van der Waals surface area contributed by atoms with Gasteiger partial charge in [0.15, 0.2) is 0 Å². The minimum Gasteiger partial charge on any atom is -0.453 e. The number of benzene rings is 2. The molecule has 2 N–H and O–H groups in total. The second kappa shape index (κ2) is 8.48. The van der Waals surface area contributed by atoms with Gasteiger partial charge in [-0.25, -0.2) is 9.18 Å². The maximum absolute atomic E-state index is 13.5. The number of methoxy groups -OCH3 is 1. The molecule has 0 bridgehead atoms. The molecule has 0 saturated heterocycles. The lowest BCUT2D eigenvalue weighted by molar-refractivity contribution is 0.187. The SMILES string of the molecule is COC(=O)Nc1ccc(CNC(C)c2ccc(F)cc2N(C)C)cc1. The van der Waals surface area contributed by atoms with Crippen molar-refractivity contribution in [2.75, 3.05) is 31.4 Å². The first-order valence-corrected chi connectivity index (χ1v) is 8.04. The van der Waals surface area contributed by atoms with Gasteiger partial charge in [-0.15, -0.1) is 0 Å². The highest BCUT2D eigenvalue weighted by Crippen LogP contribution is 2.26. The summed E-state index contributed by atoms with van der Waals surface area (Å²) >= 11 is 0. The Morgan fingerprint density at radius 3 is 2.48 bits per heavy atom. The number of ether oxygens (including phenoxy) is 1. The van der Waals surface area contributed by atoms with Gasteiger partial charge in [-0.1, -0.05) is 18.2 Å². The summed E-state index contributed by atoms with van der Waals surface area (Å²) in [6, 6.07) is 12.4. The lowest BCUT2D eigenvalue weighted by Gasteiger charge is -2.22. The van der Waals surface area contributed by atoms with Crippen LogP contribution < -0.4 is 15.5 Å². The molecule has 25 heavy (non-hydrogen) atoms. The Hall–Kier alpha value is -2.60. The Bertz CT molecular complexity index is 717. The van der Waals surface area contributed by atoms with E-state index in [9.17, 15) is 9.18 Å². The Morgan fingerprint density at radius 1 is 1.20 bits per heavy atom. The van der Waals surface area contributed by atoms with Crippen LogP contribution in [0.2, 0.25) is 0 Å². The lowest BCUT2D eigenvalue weighted by Crippen LogP contribution is -2.21. The fourth-order valence-corrected chi connectivity index (χ4v) is 2.53. The first-order valence-electron chi connectivity index (χ1n) is 8.04. The monoisotopic (exact) mass is 345 g/mol. The lowest BCUT2D eigenvalue weighted by atomic mass is 10.0. The van der Waals surface area contributed by atoms with Crippen molar-refractivity contribution in [3.8, 4) is 0 Å². The summed E-state index contributed by atoms with van der Waals surface area (Å²) in [5.74, 6) is -0.242. The van der Waals surface area contributed by atoms with Gasteiger partial charge in [0.05, 0.1) is 7.11 Å². The molecular weight excluding hydrogens is 321 g/mol. The first kappa shape index (κ1) is 18.7. The second-order valence-electron chi connectivity index (χ2n) is 6.01. The number of carbonyl (C=O) groups excluding carboxylic acids is 1. The van der Waals surface area contributed by atoms with Gasteiger partial charge < -0.3 is 15.0 Å². The Kier molecular flexibility index (Phi) is 6.36. The van der Waals surface area contributed by atoms with Crippen LogP contribution in [0, 0.1) is 5.82 Å². The van der Waals surface area contributed by atoms with Gasteiger partial charge in [-0.05, 0) is 42.3 Å². The number of rotatable bonds is 6. The molecule has 2 rings (SSSR count). The molecule has 0 fully saturated rings. The van der Waals surface area contributed by atoms with Crippen molar-refractivity contribution < 1.29 is 13.9 Å². The molecule has 0 aliphatic heterocycles. The van der Waals surface area contributed by atoms with E-state index in [4.69, 9.17) is 0 Å². The van der Waals surface area contributed by atoms with Crippen molar-refractivity contribution in [2.24, 2.45) is 0 Å². The van der Waals surface area contributed by atoms with Crippen molar-refractivity contribution in [1.29, 1.82) is 0 Å². The molecule has 0 saturated carbocycles. The van der Waals surface area contributed by atoms with Crippen LogP contribution in [0.5, 0.6) is 0 Å². The zero-order valence-electron chi connectivity index (χ0n) is 15.0. The maximum atomic E-state index is 13.5.